The van der Waals surface area contributed by atoms with Gasteiger partial charge in [-0.25, -0.2) is 4.98 Å². The summed E-state index contributed by atoms with van der Waals surface area (Å²) in [6.07, 6.45) is 10.3. The van der Waals surface area contributed by atoms with Gasteiger partial charge < -0.3 is 9.80 Å². The van der Waals surface area contributed by atoms with Crippen molar-refractivity contribution < 1.29 is 4.90 Å². The fourth-order valence-electron chi connectivity index (χ4n) is 6.32. The minimum atomic E-state index is 0.800. The lowest BCUT2D eigenvalue weighted by Crippen LogP contribution is -3.18. The number of fused-ring (bicyclic) bond motifs is 4. The van der Waals surface area contributed by atoms with Gasteiger partial charge in [0.25, 0.3) is 0 Å². The van der Waals surface area contributed by atoms with E-state index in [0.29, 0.717) is 0 Å². The van der Waals surface area contributed by atoms with Crippen LogP contribution in [0.5, 0.6) is 0 Å². The van der Waals surface area contributed by atoms with E-state index in [4.69, 9.17) is 4.98 Å². The topological polar surface area (TPSA) is 48.8 Å². The SMILES string of the molecule is N#Cc1c2c(c(N3CC[NH+](C4CCCCC4)CC3)n3c1nc1ccccc13)CCC2. The molecule has 154 valence electrons. The third-order valence-corrected chi connectivity index (χ3v) is 7.79. The zero-order valence-electron chi connectivity index (χ0n) is 17.7. The van der Waals surface area contributed by atoms with Crippen LogP contribution in [0.15, 0.2) is 24.3 Å². The smallest absolute Gasteiger partial charge is 0.157 e. The van der Waals surface area contributed by atoms with Gasteiger partial charge in [-0.05, 0) is 68.2 Å². The minimum absolute atomic E-state index is 0.800. The van der Waals surface area contributed by atoms with Crippen LogP contribution in [-0.2, 0) is 12.8 Å². The molecule has 0 amide bonds. The zero-order chi connectivity index (χ0) is 20.1. The summed E-state index contributed by atoms with van der Waals surface area (Å²) >= 11 is 0. The van der Waals surface area contributed by atoms with Crippen molar-refractivity contribution in [2.45, 2.75) is 57.4 Å². The number of benzene rings is 1. The Balaban J connectivity index is 1.44. The van der Waals surface area contributed by atoms with E-state index >= 15 is 0 Å². The third-order valence-electron chi connectivity index (χ3n) is 7.79. The van der Waals surface area contributed by atoms with E-state index in [2.05, 4.69) is 33.6 Å². The maximum atomic E-state index is 9.98. The van der Waals surface area contributed by atoms with Crippen molar-refractivity contribution in [3.8, 4) is 6.07 Å². The van der Waals surface area contributed by atoms with Gasteiger partial charge in [0.05, 0.1) is 48.8 Å². The number of nitrogens with one attached hydrogen (secondary N) is 1. The second kappa shape index (κ2) is 7.28. The van der Waals surface area contributed by atoms with Gasteiger partial charge in [0.15, 0.2) is 5.65 Å². The predicted octanol–water partition coefficient (Wildman–Crippen LogP) is 2.89. The highest BCUT2D eigenvalue weighted by Crippen LogP contribution is 2.38. The van der Waals surface area contributed by atoms with Crippen LogP contribution >= 0.6 is 0 Å². The number of hydrogen-bond donors (Lipinski definition) is 1. The number of nitrogens with zero attached hydrogens (tertiary/aromatic N) is 4. The second-order valence-corrected chi connectivity index (χ2v) is 9.36. The van der Waals surface area contributed by atoms with Crippen LogP contribution in [0.4, 0.5) is 5.82 Å². The Morgan fingerprint density at radius 1 is 0.967 bits per heavy atom. The van der Waals surface area contributed by atoms with Crippen molar-refractivity contribution in [3.05, 3.63) is 41.0 Å². The number of imidazole rings is 1. The van der Waals surface area contributed by atoms with Crippen molar-refractivity contribution in [1.29, 1.82) is 5.26 Å². The molecule has 0 bridgehead atoms. The normalized spacial score (nSPS) is 20.7. The van der Waals surface area contributed by atoms with Crippen LogP contribution < -0.4 is 9.80 Å². The summed E-state index contributed by atoms with van der Waals surface area (Å²) in [5, 5.41) is 9.98. The summed E-state index contributed by atoms with van der Waals surface area (Å²) < 4.78 is 2.31. The number of nitriles is 1. The molecule has 30 heavy (non-hydrogen) atoms. The Bertz CT molecular complexity index is 1140. The summed E-state index contributed by atoms with van der Waals surface area (Å²) in [5.74, 6) is 1.33. The number of aromatic nitrogens is 2. The Hall–Kier alpha value is -2.58. The predicted molar refractivity (Wildman–Crippen MR) is 119 cm³/mol. The molecule has 3 heterocycles. The molecule has 0 spiro atoms. The number of para-hydroxylation sites is 2. The Kier molecular flexibility index (Phi) is 4.42. The van der Waals surface area contributed by atoms with E-state index in [1.54, 1.807) is 0 Å². The molecule has 0 radical (unpaired) electrons. The molecule has 1 aromatic carbocycles. The monoisotopic (exact) mass is 400 g/mol. The Morgan fingerprint density at radius 3 is 2.53 bits per heavy atom. The molecule has 6 rings (SSSR count). The quantitative estimate of drug-likeness (QED) is 0.720. The van der Waals surface area contributed by atoms with Gasteiger partial charge in [-0.2, -0.15) is 5.26 Å². The highest BCUT2D eigenvalue weighted by molar-refractivity contribution is 5.86. The van der Waals surface area contributed by atoms with Gasteiger partial charge in [0, 0.05) is 0 Å². The molecule has 5 heteroatoms. The van der Waals surface area contributed by atoms with Crippen molar-refractivity contribution in [1.82, 2.24) is 9.38 Å². The maximum absolute atomic E-state index is 9.98. The summed E-state index contributed by atoms with van der Waals surface area (Å²) in [6, 6.07) is 11.7. The standard InChI is InChI=1S/C25H29N5/c26-17-21-19-9-6-10-20(19)25(30-23-12-5-4-11-22(23)27-24(21)30)29-15-13-28(14-16-29)18-7-2-1-3-8-18/h4-5,11-12,18H,1-3,6-10,13-16H2/p+1. The first-order valence-corrected chi connectivity index (χ1v) is 11.8. The molecule has 2 fully saturated rings. The van der Waals surface area contributed by atoms with Gasteiger partial charge in [-0.1, -0.05) is 18.6 Å². The minimum Gasteiger partial charge on any atom is -0.346 e. The number of pyridine rings is 1. The molecule has 0 atom stereocenters. The summed E-state index contributed by atoms with van der Waals surface area (Å²) in [4.78, 5) is 9.35. The van der Waals surface area contributed by atoms with Crippen LogP contribution in [0, 0.1) is 11.3 Å². The van der Waals surface area contributed by atoms with Crippen molar-refractivity contribution in [2.75, 3.05) is 31.1 Å². The van der Waals surface area contributed by atoms with Gasteiger partial charge >= 0.3 is 0 Å². The lowest BCUT2D eigenvalue weighted by atomic mass is 9.94. The van der Waals surface area contributed by atoms with Crippen LogP contribution in [-0.4, -0.2) is 41.6 Å². The molecule has 1 saturated carbocycles. The highest BCUT2D eigenvalue weighted by Gasteiger charge is 2.33. The molecule has 3 aliphatic rings. The largest absolute Gasteiger partial charge is 0.346 e. The lowest BCUT2D eigenvalue weighted by Gasteiger charge is -2.39. The highest BCUT2D eigenvalue weighted by atomic mass is 15.3. The number of anilines is 1. The average molecular weight is 401 g/mol. The molecule has 0 unspecified atom stereocenters. The van der Waals surface area contributed by atoms with E-state index in [1.165, 1.54) is 62.1 Å². The Labute approximate surface area is 177 Å². The van der Waals surface area contributed by atoms with Crippen LogP contribution in [0.1, 0.15) is 55.2 Å². The van der Waals surface area contributed by atoms with Gasteiger partial charge in [0.2, 0.25) is 0 Å². The van der Waals surface area contributed by atoms with E-state index in [1.807, 2.05) is 11.0 Å². The molecule has 1 N–H and O–H groups in total. The number of rotatable bonds is 2. The fraction of sp³-hybridized carbons (Fsp3) is 0.520. The molecule has 2 aliphatic carbocycles. The summed E-state index contributed by atoms with van der Waals surface area (Å²) in [6.45, 7) is 4.67. The van der Waals surface area contributed by atoms with Gasteiger partial charge in [-0.15, -0.1) is 0 Å². The first-order valence-electron chi connectivity index (χ1n) is 11.8. The Morgan fingerprint density at radius 2 is 1.73 bits per heavy atom. The molecule has 2 aromatic heterocycles. The van der Waals surface area contributed by atoms with Crippen LogP contribution in [0.25, 0.3) is 16.7 Å². The first-order chi connectivity index (χ1) is 14.8. The lowest BCUT2D eigenvalue weighted by molar-refractivity contribution is -0.927. The molecular weight excluding hydrogens is 370 g/mol. The maximum Gasteiger partial charge on any atom is 0.157 e. The van der Waals surface area contributed by atoms with Crippen molar-refractivity contribution in [3.63, 3.8) is 0 Å². The number of quaternary nitrogens is 1. The molecule has 1 saturated heterocycles. The molecule has 1 aliphatic heterocycles. The zero-order valence-corrected chi connectivity index (χ0v) is 17.7. The average Bonchev–Trinajstić information content (AvgIpc) is 3.43. The van der Waals surface area contributed by atoms with E-state index < -0.39 is 0 Å². The van der Waals surface area contributed by atoms with E-state index in [-0.39, 0.29) is 0 Å². The third kappa shape index (κ3) is 2.74. The number of hydrogen-bond acceptors (Lipinski definition) is 3. The van der Waals surface area contributed by atoms with Gasteiger partial charge in [0.1, 0.15) is 11.9 Å². The van der Waals surface area contributed by atoms with Gasteiger partial charge in [-0.3, -0.25) is 4.40 Å². The molecule has 3 aromatic rings. The van der Waals surface area contributed by atoms with Crippen molar-refractivity contribution >= 4 is 22.5 Å². The molecule has 5 nitrogen and oxygen atoms in total. The first kappa shape index (κ1) is 18.2. The fourth-order valence-corrected chi connectivity index (χ4v) is 6.32. The van der Waals surface area contributed by atoms with E-state index in [9.17, 15) is 5.26 Å². The van der Waals surface area contributed by atoms with E-state index in [0.717, 1.165) is 60.6 Å². The molecular formula is C25H30N5+. The van der Waals surface area contributed by atoms with Crippen LogP contribution in [0.3, 0.4) is 0 Å². The summed E-state index contributed by atoms with van der Waals surface area (Å²) in [5.41, 5.74) is 6.45. The van der Waals surface area contributed by atoms with Crippen molar-refractivity contribution in [2.24, 2.45) is 0 Å². The van der Waals surface area contributed by atoms with Crippen LogP contribution in [0.2, 0.25) is 0 Å². The summed E-state index contributed by atoms with van der Waals surface area (Å²) in [7, 11) is 0. The number of piperazine rings is 1. The second-order valence-electron chi connectivity index (χ2n) is 9.36.